The highest BCUT2D eigenvalue weighted by Gasteiger charge is 2.80. The molecule has 2 N–H and O–H groups in total. The predicted molar refractivity (Wildman–Crippen MR) is 120 cm³/mol. The first-order valence-corrected chi connectivity index (χ1v) is 12.6. The second kappa shape index (κ2) is 6.85. The summed E-state index contributed by atoms with van der Waals surface area (Å²) in [7, 11) is 1.69. The summed E-state index contributed by atoms with van der Waals surface area (Å²) in [6.07, 6.45) is 11.4. The molecule has 0 bridgehead atoms. The standard InChI is InChI=1S/C26H36N2O4/c1-24-10-8-17(28-23(30)27-3)12-16(24)5-6-19-18(24)9-11-25(2)20(13-21-26(19,25)32-21)15-4-7-22(29)31-14-15/h4,7,14,16-21H,5-6,8-13H2,1-3H3,(H2,27,28,30)/t16-,17+,18+,19-,20-,21-,24+,25-,26-/m1/s1. The van der Waals surface area contributed by atoms with Gasteiger partial charge >= 0.3 is 11.7 Å². The van der Waals surface area contributed by atoms with Crippen molar-refractivity contribution >= 4 is 6.03 Å². The molecule has 1 aliphatic heterocycles. The molecule has 5 aliphatic rings. The normalized spacial score (nSPS) is 48.6. The Kier molecular flexibility index (Phi) is 4.44. The molecule has 4 saturated carbocycles. The number of carbonyl (C=O) groups excluding carboxylic acids is 1. The highest BCUT2D eigenvalue weighted by molar-refractivity contribution is 5.73. The molecule has 0 aromatic carbocycles. The summed E-state index contributed by atoms with van der Waals surface area (Å²) in [5, 5.41) is 5.88. The lowest BCUT2D eigenvalue weighted by atomic mass is 9.44. The van der Waals surface area contributed by atoms with Gasteiger partial charge in [-0.25, -0.2) is 9.59 Å². The van der Waals surface area contributed by atoms with Gasteiger partial charge in [0.2, 0.25) is 0 Å². The summed E-state index contributed by atoms with van der Waals surface area (Å²) < 4.78 is 11.9. The molecule has 2 amide bonds. The first kappa shape index (κ1) is 20.8. The fourth-order valence-corrected chi connectivity index (χ4v) is 9.15. The van der Waals surface area contributed by atoms with Gasteiger partial charge in [0.25, 0.3) is 0 Å². The Balaban J connectivity index is 1.26. The highest BCUT2D eigenvalue weighted by Crippen LogP contribution is 2.77. The van der Waals surface area contributed by atoms with Crippen molar-refractivity contribution in [3.05, 3.63) is 34.4 Å². The molecule has 5 fully saturated rings. The van der Waals surface area contributed by atoms with Crippen LogP contribution >= 0.6 is 0 Å². The van der Waals surface area contributed by atoms with Crippen molar-refractivity contribution in [1.82, 2.24) is 10.6 Å². The Bertz CT molecular complexity index is 972. The van der Waals surface area contributed by atoms with Crippen molar-refractivity contribution in [2.45, 2.75) is 88.9 Å². The molecule has 0 unspecified atom stereocenters. The maximum Gasteiger partial charge on any atom is 0.335 e. The molecule has 0 radical (unpaired) electrons. The van der Waals surface area contributed by atoms with Gasteiger partial charge in [0.15, 0.2) is 0 Å². The molecule has 2 heterocycles. The molecule has 9 atom stereocenters. The third-order valence-corrected chi connectivity index (χ3v) is 10.8. The Morgan fingerprint density at radius 3 is 2.66 bits per heavy atom. The number of hydrogen-bond acceptors (Lipinski definition) is 4. The summed E-state index contributed by atoms with van der Waals surface area (Å²) in [4.78, 5) is 23.4. The summed E-state index contributed by atoms with van der Waals surface area (Å²) in [5.74, 6) is 2.41. The number of epoxide rings is 1. The number of ether oxygens (including phenoxy) is 1. The van der Waals surface area contributed by atoms with Crippen molar-refractivity contribution in [1.29, 1.82) is 0 Å². The molecule has 1 saturated heterocycles. The van der Waals surface area contributed by atoms with E-state index in [1.54, 1.807) is 19.4 Å². The van der Waals surface area contributed by atoms with Gasteiger partial charge in [0.05, 0.1) is 12.4 Å². The Labute approximate surface area is 189 Å². The van der Waals surface area contributed by atoms with Crippen molar-refractivity contribution in [3.8, 4) is 0 Å². The minimum atomic E-state index is -0.274. The number of urea groups is 1. The SMILES string of the molecule is CNC(=O)N[C@H]1CC[C@@]2(C)[C@H](CC[C@@H]3[C@@H]2CC[C@]2(C)[C@@H](c4ccc(=O)oc4)C[C@H]4O[C@]342)C1. The van der Waals surface area contributed by atoms with Crippen molar-refractivity contribution < 1.29 is 13.9 Å². The second-order valence-corrected chi connectivity index (χ2v) is 11.7. The average Bonchev–Trinajstić information content (AvgIpc) is 3.44. The van der Waals surface area contributed by atoms with E-state index in [1.165, 1.54) is 37.7 Å². The number of hydrogen-bond donors (Lipinski definition) is 2. The highest BCUT2D eigenvalue weighted by atomic mass is 16.6. The van der Waals surface area contributed by atoms with E-state index in [4.69, 9.17) is 9.15 Å². The number of amides is 2. The van der Waals surface area contributed by atoms with Gasteiger partial charge in [-0.15, -0.1) is 0 Å². The van der Waals surface area contributed by atoms with Crippen molar-refractivity contribution in [2.75, 3.05) is 7.05 Å². The van der Waals surface area contributed by atoms with Crippen LogP contribution in [-0.2, 0) is 4.74 Å². The fraction of sp³-hybridized carbons (Fsp3) is 0.769. The van der Waals surface area contributed by atoms with Gasteiger partial charge in [-0.1, -0.05) is 13.8 Å². The first-order chi connectivity index (χ1) is 15.3. The van der Waals surface area contributed by atoms with Crippen LogP contribution in [0.1, 0.15) is 76.7 Å². The lowest BCUT2D eigenvalue weighted by Gasteiger charge is -2.61. The Hall–Kier alpha value is -1.82. The topological polar surface area (TPSA) is 83.9 Å². The number of nitrogens with one attached hydrogen (secondary N) is 2. The molecule has 1 spiro atoms. The van der Waals surface area contributed by atoms with E-state index in [2.05, 4.69) is 24.5 Å². The number of rotatable bonds is 2. The summed E-state index contributed by atoms with van der Waals surface area (Å²) >= 11 is 0. The van der Waals surface area contributed by atoms with Crippen LogP contribution in [0.4, 0.5) is 4.79 Å². The summed E-state index contributed by atoms with van der Waals surface area (Å²) in [5.41, 5.74) is 1.35. The van der Waals surface area contributed by atoms with Crippen LogP contribution in [0, 0.1) is 28.6 Å². The van der Waals surface area contributed by atoms with Gasteiger partial charge in [-0.3, -0.25) is 0 Å². The van der Waals surface area contributed by atoms with Crippen LogP contribution in [0.2, 0.25) is 0 Å². The van der Waals surface area contributed by atoms with Gasteiger partial charge in [-0.05, 0) is 92.1 Å². The van der Waals surface area contributed by atoms with E-state index in [9.17, 15) is 9.59 Å². The third kappa shape index (κ3) is 2.62. The largest absolute Gasteiger partial charge is 0.431 e. The lowest BCUT2D eigenvalue weighted by molar-refractivity contribution is -0.129. The molecule has 32 heavy (non-hydrogen) atoms. The maximum absolute atomic E-state index is 11.9. The number of carbonyl (C=O) groups is 1. The van der Waals surface area contributed by atoms with Crippen LogP contribution in [-0.4, -0.2) is 30.8 Å². The molecule has 4 aliphatic carbocycles. The monoisotopic (exact) mass is 440 g/mol. The third-order valence-electron chi connectivity index (χ3n) is 10.8. The molecule has 6 nitrogen and oxygen atoms in total. The smallest absolute Gasteiger partial charge is 0.335 e. The van der Waals surface area contributed by atoms with Gasteiger partial charge < -0.3 is 19.8 Å². The van der Waals surface area contributed by atoms with Crippen LogP contribution in [0.25, 0.3) is 0 Å². The number of fused-ring (bicyclic) bond motifs is 3. The van der Waals surface area contributed by atoms with E-state index < -0.39 is 0 Å². The Morgan fingerprint density at radius 2 is 1.91 bits per heavy atom. The molecule has 1 aromatic heterocycles. The molecule has 174 valence electrons. The van der Waals surface area contributed by atoms with Crippen LogP contribution < -0.4 is 16.3 Å². The lowest BCUT2D eigenvalue weighted by Crippen LogP contribution is -2.59. The van der Waals surface area contributed by atoms with Crippen molar-refractivity contribution in [3.63, 3.8) is 0 Å². The predicted octanol–water partition coefficient (Wildman–Crippen LogP) is 4.20. The van der Waals surface area contributed by atoms with E-state index in [1.807, 2.05) is 6.07 Å². The first-order valence-electron chi connectivity index (χ1n) is 12.6. The summed E-state index contributed by atoms with van der Waals surface area (Å²) in [6, 6.07) is 3.79. The molecule has 6 rings (SSSR count). The second-order valence-electron chi connectivity index (χ2n) is 11.7. The molecular formula is C26H36N2O4. The van der Waals surface area contributed by atoms with Crippen LogP contribution in [0.5, 0.6) is 0 Å². The van der Waals surface area contributed by atoms with Crippen LogP contribution in [0.15, 0.2) is 27.6 Å². The molecule has 1 aromatic rings. The summed E-state index contributed by atoms with van der Waals surface area (Å²) in [6.45, 7) is 4.99. The van der Waals surface area contributed by atoms with Crippen LogP contribution in [0.3, 0.4) is 0 Å². The van der Waals surface area contributed by atoms with Gasteiger partial charge in [0, 0.05) is 24.6 Å². The minimum absolute atomic E-state index is 0.00188. The Morgan fingerprint density at radius 1 is 1.06 bits per heavy atom. The van der Waals surface area contributed by atoms with E-state index >= 15 is 0 Å². The van der Waals surface area contributed by atoms with E-state index in [0.717, 1.165) is 19.3 Å². The minimum Gasteiger partial charge on any atom is -0.431 e. The van der Waals surface area contributed by atoms with Gasteiger partial charge in [-0.2, -0.15) is 0 Å². The quantitative estimate of drug-likeness (QED) is 0.675. The maximum atomic E-state index is 11.9. The van der Waals surface area contributed by atoms with E-state index in [-0.39, 0.29) is 22.7 Å². The van der Waals surface area contributed by atoms with E-state index in [0.29, 0.717) is 41.2 Å². The fourth-order valence-electron chi connectivity index (χ4n) is 9.15. The molecular weight excluding hydrogens is 404 g/mol. The zero-order chi connectivity index (χ0) is 22.3. The van der Waals surface area contributed by atoms with Gasteiger partial charge in [0.1, 0.15) is 5.60 Å². The van der Waals surface area contributed by atoms with Crippen molar-refractivity contribution in [2.24, 2.45) is 28.6 Å². The zero-order valence-electron chi connectivity index (χ0n) is 19.5. The molecule has 6 heteroatoms. The average molecular weight is 441 g/mol. The zero-order valence-corrected chi connectivity index (χ0v) is 19.5.